The third kappa shape index (κ3) is 11.6. The lowest BCUT2D eigenvalue weighted by Gasteiger charge is -2.61. The molecule has 0 bridgehead atoms. The predicted octanol–water partition coefficient (Wildman–Crippen LogP) is 14.7. The normalized spacial score (nSPS) is 32.5. The molecule has 0 saturated heterocycles. The number of esters is 1. The van der Waals surface area contributed by atoms with Crippen molar-refractivity contribution in [3.05, 3.63) is 12.2 Å². The zero-order valence-electron chi connectivity index (χ0n) is 33.9. The van der Waals surface area contributed by atoms with E-state index in [9.17, 15) is 4.79 Å². The van der Waals surface area contributed by atoms with Crippen molar-refractivity contribution in [1.82, 2.24) is 0 Å². The van der Waals surface area contributed by atoms with E-state index in [2.05, 4.69) is 53.7 Å². The van der Waals surface area contributed by atoms with Crippen LogP contribution < -0.4 is 0 Å². The van der Waals surface area contributed by atoms with Crippen LogP contribution in [-0.2, 0) is 9.53 Å². The van der Waals surface area contributed by atoms with Crippen molar-refractivity contribution < 1.29 is 9.53 Å². The van der Waals surface area contributed by atoms with Gasteiger partial charge in [0, 0.05) is 6.42 Å². The Kier molecular flexibility index (Phi) is 17.6. The second-order valence-corrected chi connectivity index (χ2v) is 19.0. The van der Waals surface area contributed by atoms with Crippen LogP contribution in [0.2, 0.25) is 0 Å². The van der Waals surface area contributed by atoms with E-state index in [1.807, 2.05) is 0 Å². The number of rotatable bonds is 23. The molecule has 1 unspecified atom stereocenters. The van der Waals surface area contributed by atoms with Gasteiger partial charge in [-0.1, -0.05) is 124 Å². The van der Waals surface area contributed by atoms with Gasteiger partial charge in [-0.05, 0) is 154 Å². The van der Waals surface area contributed by atoms with Gasteiger partial charge in [0.2, 0.25) is 0 Å². The fourth-order valence-electron chi connectivity index (χ4n) is 12.5. The van der Waals surface area contributed by atoms with Crippen LogP contribution >= 0.6 is 0 Å². The maximum absolute atomic E-state index is 12.5. The number of carbonyl (C=O) groups is 1. The molecule has 0 aliphatic heterocycles. The van der Waals surface area contributed by atoms with Gasteiger partial charge >= 0.3 is 5.97 Å². The monoisotopic (exact) mass is 681 g/mol. The van der Waals surface area contributed by atoms with Gasteiger partial charge < -0.3 is 4.74 Å². The molecule has 0 aromatic rings. The molecule has 0 aromatic carbocycles. The largest absolute Gasteiger partial charge is 0.466 e. The maximum Gasteiger partial charge on any atom is 0.305 e. The average Bonchev–Trinajstić information content (AvgIpc) is 3.44. The molecule has 2 nitrogen and oxygen atoms in total. The molecule has 0 N–H and O–H groups in total. The first kappa shape index (κ1) is 41.0. The Morgan fingerprint density at radius 3 is 2.08 bits per heavy atom. The molecule has 0 amide bonds. The molecule has 4 rings (SSSR count). The zero-order chi connectivity index (χ0) is 35.1. The summed E-state index contributed by atoms with van der Waals surface area (Å²) < 4.78 is 5.78. The lowest BCUT2D eigenvalue weighted by atomic mass is 9.44. The molecule has 4 fully saturated rings. The van der Waals surface area contributed by atoms with Gasteiger partial charge in [0.05, 0.1) is 6.61 Å². The number of hydrogen-bond donors (Lipinski definition) is 0. The summed E-state index contributed by atoms with van der Waals surface area (Å²) in [7, 11) is 0. The van der Waals surface area contributed by atoms with Crippen molar-refractivity contribution in [1.29, 1.82) is 0 Å². The van der Waals surface area contributed by atoms with Gasteiger partial charge in [-0.15, -0.1) is 0 Å². The molecule has 284 valence electrons. The van der Waals surface area contributed by atoms with Gasteiger partial charge in [0.1, 0.15) is 0 Å². The SMILES string of the molecule is CCCCCCCC/C=C\CCCCCCCC(=O)OCC[C@H](CC[C@@H](C)[C@H]1CC[C@H]2[C@@H]3CCC4CCCC[C@]4(C)[C@H]3CC[C@]12C)C(C)C. The Morgan fingerprint density at radius 2 is 1.37 bits per heavy atom. The minimum absolute atomic E-state index is 0.0325. The summed E-state index contributed by atoms with van der Waals surface area (Å²) in [4.78, 5) is 12.5. The van der Waals surface area contributed by atoms with Crippen molar-refractivity contribution in [2.75, 3.05) is 6.61 Å². The Labute approximate surface area is 306 Å². The number of allylic oxidation sites excluding steroid dienone is 2. The highest BCUT2D eigenvalue weighted by atomic mass is 16.5. The van der Waals surface area contributed by atoms with E-state index in [1.165, 1.54) is 148 Å². The van der Waals surface area contributed by atoms with E-state index in [0.717, 1.165) is 54.8 Å². The highest BCUT2D eigenvalue weighted by Crippen LogP contribution is 2.68. The quantitative estimate of drug-likeness (QED) is 0.0610. The van der Waals surface area contributed by atoms with E-state index < -0.39 is 0 Å². The van der Waals surface area contributed by atoms with E-state index in [-0.39, 0.29) is 5.97 Å². The molecule has 4 saturated carbocycles. The minimum Gasteiger partial charge on any atom is -0.466 e. The molecule has 4 aliphatic carbocycles. The zero-order valence-corrected chi connectivity index (χ0v) is 33.9. The minimum atomic E-state index is 0.0325. The van der Waals surface area contributed by atoms with Crippen LogP contribution in [0.25, 0.3) is 0 Å². The Balaban J connectivity index is 1.06. The summed E-state index contributed by atoms with van der Waals surface area (Å²) in [5.41, 5.74) is 1.23. The van der Waals surface area contributed by atoms with E-state index >= 15 is 0 Å². The summed E-state index contributed by atoms with van der Waals surface area (Å²) in [6.07, 6.45) is 40.9. The van der Waals surface area contributed by atoms with Crippen LogP contribution in [0.4, 0.5) is 0 Å². The smallest absolute Gasteiger partial charge is 0.305 e. The number of ether oxygens (including phenoxy) is 1. The fourth-order valence-corrected chi connectivity index (χ4v) is 12.5. The molecule has 0 heterocycles. The van der Waals surface area contributed by atoms with Crippen molar-refractivity contribution in [2.24, 2.45) is 58.2 Å². The molecule has 0 aromatic heterocycles. The third-order valence-corrected chi connectivity index (χ3v) is 15.7. The molecule has 49 heavy (non-hydrogen) atoms. The molecule has 0 radical (unpaired) electrons. The number of fused-ring (bicyclic) bond motifs is 5. The van der Waals surface area contributed by atoms with Gasteiger partial charge in [0.25, 0.3) is 0 Å². The highest BCUT2D eigenvalue weighted by molar-refractivity contribution is 5.69. The molecule has 4 aliphatic rings. The predicted molar refractivity (Wildman–Crippen MR) is 212 cm³/mol. The Hall–Kier alpha value is -0.790. The van der Waals surface area contributed by atoms with Crippen LogP contribution in [0.3, 0.4) is 0 Å². The number of carbonyl (C=O) groups excluding carboxylic acids is 1. The van der Waals surface area contributed by atoms with Gasteiger partial charge in [-0.2, -0.15) is 0 Å². The molecule has 2 heteroatoms. The van der Waals surface area contributed by atoms with Gasteiger partial charge in [-0.3, -0.25) is 4.79 Å². The topological polar surface area (TPSA) is 26.3 Å². The first-order valence-electron chi connectivity index (χ1n) is 22.5. The third-order valence-electron chi connectivity index (χ3n) is 15.7. The standard InChI is InChI=1S/C47H84O2/c1-7-8-9-10-11-12-13-14-15-16-17-18-19-20-21-25-45(48)49-36-33-39(37(2)3)27-26-38(4)42-30-31-43-41-29-28-40-24-22-23-34-46(40,5)44(41)32-35-47(42,43)6/h14-15,37-44H,7-13,16-36H2,1-6H3/b15-14-/t38-,39+,40?,41+,42-,43+,44+,46+,47-/m1/s1. The first-order chi connectivity index (χ1) is 23.7. The number of hydrogen-bond acceptors (Lipinski definition) is 2. The van der Waals surface area contributed by atoms with E-state index in [1.54, 1.807) is 0 Å². The maximum atomic E-state index is 12.5. The summed E-state index contributed by atoms with van der Waals surface area (Å²) >= 11 is 0. The summed E-state index contributed by atoms with van der Waals surface area (Å²) in [6, 6.07) is 0. The van der Waals surface area contributed by atoms with Gasteiger partial charge in [0.15, 0.2) is 0 Å². The second-order valence-electron chi connectivity index (χ2n) is 19.0. The second kappa shape index (κ2) is 21.0. The average molecular weight is 681 g/mol. The summed E-state index contributed by atoms with van der Waals surface area (Å²) in [5, 5.41) is 0. The molecular weight excluding hydrogens is 597 g/mol. The fraction of sp³-hybridized carbons (Fsp3) is 0.936. The van der Waals surface area contributed by atoms with E-state index in [4.69, 9.17) is 4.74 Å². The van der Waals surface area contributed by atoms with Crippen LogP contribution in [0, 0.1) is 58.2 Å². The van der Waals surface area contributed by atoms with Gasteiger partial charge in [-0.25, -0.2) is 0 Å². The van der Waals surface area contributed by atoms with Crippen LogP contribution in [0.1, 0.15) is 215 Å². The van der Waals surface area contributed by atoms with E-state index in [0.29, 0.717) is 35.7 Å². The first-order valence-corrected chi connectivity index (χ1v) is 22.5. The van der Waals surface area contributed by atoms with Crippen LogP contribution in [0.5, 0.6) is 0 Å². The van der Waals surface area contributed by atoms with Crippen molar-refractivity contribution in [2.45, 2.75) is 215 Å². The highest BCUT2D eigenvalue weighted by Gasteiger charge is 2.60. The molecule has 0 spiro atoms. The summed E-state index contributed by atoms with van der Waals surface area (Å²) in [6.45, 7) is 15.8. The lowest BCUT2D eigenvalue weighted by Crippen LogP contribution is -2.53. The van der Waals surface area contributed by atoms with Crippen LogP contribution in [0.15, 0.2) is 12.2 Å². The Morgan fingerprint density at radius 1 is 0.694 bits per heavy atom. The molecule has 9 atom stereocenters. The number of unbranched alkanes of at least 4 members (excludes halogenated alkanes) is 11. The van der Waals surface area contributed by atoms with Crippen LogP contribution in [-0.4, -0.2) is 12.6 Å². The Bertz CT molecular complexity index is 952. The van der Waals surface area contributed by atoms with Crippen molar-refractivity contribution in [3.63, 3.8) is 0 Å². The van der Waals surface area contributed by atoms with Crippen molar-refractivity contribution in [3.8, 4) is 0 Å². The summed E-state index contributed by atoms with van der Waals surface area (Å²) in [5.74, 6) is 7.13. The molecular formula is C47H84O2. The lowest BCUT2D eigenvalue weighted by molar-refractivity contribution is -0.144. The van der Waals surface area contributed by atoms with Crippen molar-refractivity contribution >= 4 is 5.97 Å².